The molecule has 0 fully saturated rings. The summed E-state index contributed by atoms with van der Waals surface area (Å²) >= 11 is 0. The molecule has 1 aliphatic rings. The zero-order valence-electron chi connectivity index (χ0n) is 14.9. The van der Waals surface area contributed by atoms with Crippen LogP contribution in [0, 0.1) is 20.2 Å². The molecule has 3 aromatic carbocycles. The quantitative estimate of drug-likeness (QED) is 0.379. The van der Waals surface area contributed by atoms with Crippen molar-refractivity contribution in [2.24, 2.45) is 0 Å². The highest BCUT2D eigenvalue weighted by Gasteiger charge is 2.38. The molecule has 144 valence electrons. The van der Waals surface area contributed by atoms with Gasteiger partial charge < -0.3 is 0 Å². The largest absolute Gasteiger partial charge is 0.280 e. The van der Waals surface area contributed by atoms with Crippen LogP contribution in [0.2, 0.25) is 0 Å². The Bertz CT molecular complexity index is 1160. The van der Waals surface area contributed by atoms with Gasteiger partial charge in [-0.25, -0.2) is 0 Å². The summed E-state index contributed by atoms with van der Waals surface area (Å²) in [6, 6.07) is 12.9. The second-order valence-corrected chi connectivity index (χ2v) is 6.38. The Kier molecular flexibility index (Phi) is 3.97. The maximum absolute atomic E-state index is 13.1. The van der Waals surface area contributed by atoms with Crippen LogP contribution < -0.4 is 5.01 Å². The first-order valence-corrected chi connectivity index (χ1v) is 8.37. The van der Waals surface area contributed by atoms with Crippen molar-refractivity contribution in [3.05, 3.63) is 86.0 Å². The zero-order valence-corrected chi connectivity index (χ0v) is 14.9. The predicted molar refractivity (Wildman–Crippen MR) is 103 cm³/mol. The molecule has 1 heterocycles. The first-order chi connectivity index (χ1) is 13.8. The van der Waals surface area contributed by atoms with Crippen LogP contribution in [0.1, 0.15) is 20.7 Å². The van der Waals surface area contributed by atoms with Crippen molar-refractivity contribution in [2.45, 2.75) is 0 Å². The molecule has 0 spiro atoms. The third-order valence-electron chi connectivity index (χ3n) is 4.72. The van der Waals surface area contributed by atoms with Gasteiger partial charge >= 0.3 is 0 Å². The number of carbonyl (C=O) groups is 2. The van der Waals surface area contributed by atoms with Crippen molar-refractivity contribution >= 4 is 39.6 Å². The predicted octanol–water partition coefficient (Wildman–Crippen LogP) is 3.30. The number of hydrogen-bond acceptors (Lipinski definition) is 7. The maximum Gasteiger partial charge on any atom is 0.280 e. The lowest BCUT2D eigenvalue weighted by Crippen LogP contribution is -2.50. The van der Waals surface area contributed by atoms with Crippen molar-refractivity contribution in [1.82, 2.24) is 5.01 Å². The third-order valence-corrected chi connectivity index (χ3v) is 4.72. The van der Waals surface area contributed by atoms with Gasteiger partial charge in [-0.1, -0.05) is 18.2 Å². The summed E-state index contributed by atoms with van der Waals surface area (Å²) in [5.41, 5.74) is -0.416. The highest BCUT2D eigenvalue weighted by Crippen LogP contribution is 2.37. The van der Waals surface area contributed by atoms with Gasteiger partial charge in [0.2, 0.25) is 0 Å². The summed E-state index contributed by atoms with van der Waals surface area (Å²) in [6.45, 7) is 0. The van der Waals surface area contributed by atoms with E-state index in [1.807, 2.05) is 0 Å². The summed E-state index contributed by atoms with van der Waals surface area (Å²) in [4.78, 5) is 47.5. The van der Waals surface area contributed by atoms with E-state index in [1.54, 1.807) is 30.3 Å². The lowest BCUT2D eigenvalue weighted by Gasteiger charge is -2.34. The summed E-state index contributed by atoms with van der Waals surface area (Å²) in [5.74, 6) is -1.51. The number of hydrogen-bond donors (Lipinski definition) is 0. The van der Waals surface area contributed by atoms with E-state index in [0.717, 1.165) is 29.3 Å². The van der Waals surface area contributed by atoms with Gasteiger partial charge in [-0.15, -0.1) is 0 Å². The van der Waals surface area contributed by atoms with Crippen molar-refractivity contribution in [1.29, 1.82) is 0 Å². The van der Waals surface area contributed by atoms with Gasteiger partial charge in [-0.3, -0.25) is 34.8 Å². The highest BCUT2D eigenvalue weighted by atomic mass is 16.6. The molecule has 10 heteroatoms. The fourth-order valence-electron chi connectivity index (χ4n) is 3.38. The van der Waals surface area contributed by atoms with Crippen LogP contribution in [0.4, 0.5) is 17.1 Å². The lowest BCUT2D eigenvalue weighted by molar-refractivity contribution is -0.385. The number of rotatable bonds is 4. The Morgan fingerprint density at radius 1 is 0.828 bits per heavy atom. The van der Waals surface area contributed by atoms with Gasteiger partial charge in [0, 0.05) is 36.7 Å². The van der Waals surface area contributed by atoms with Crippen molar-refractivity contribution in [2.75, 3.05) is 12.1 Å². The molecule has 0 saturated heterocycles. The molecule has 0 atom stereocenters. The van der Waals surface area contributed by atoms with Crippen LogP contribution >= 0.6 is 0 Å². The van der Waals surface area contributed by atoms with Crippen LogP contribution in [0.25, 0.3) is 10.8 Å². The van der Waals surface area contributed by atoms with Gasteiger partial charge in [-0.2, -0.15) is 5.01 Å². The van der Waals surface area contributed by atoms with Gasteiger partial charge in [0.05, 0.1) is 26.7 Å². The molecular formula is C19H12N4O6. The Labute approximate surface area is 162 Å². The molecule has 0 bridgehead atoms. The number of imide groups is 1. The van der Waals surface area contributed by atoms with Gasteiger partial charge in [0.25, 0.3) is 23.2 Å². The molecule has 2 amide bonds. The van der Waals surface area contributed by atoms with Crippen molar-refractivity contribution in [3.63, 3.8) is 0 Å². The zero-order chi connectivity index (χ0) is 20.9. The molecule has 4 rings (SSSR count). The minimum atomic E-state index is -0.753. The first kappa shape index (κ1) is 18.0. The minimum Gasteiger partial charge on any atom is -0.278 e. The van der Waals surface area contributed by atoms with Crippen molar-refractivity contribution in [3.8, 4) is 0 Å². The average molecular weight is 392 g/mol. The molecule has 1 aliphatic heterocycles. The van der Waals surface area contributed by atoms with Crippen LogP contribution in [0.3, 0.4) is 0 Å². The van der Waals surface area contributed by atoms with E-state index in [9.17, 15) is 29.8 Å². The average Bonchev–Trinajstić information content (AvgIpc) is 2.71. The number of carbonyl (C=O) groups excluding carboxylic acids is 2. The van der Waals surface area contributed by atoms with E-state index in [-0.39, 0.29) is 21.9 Å². The number of nitro benzene ring substituents is 2. The molecule has 0 aliphatic carbocycles. The number of para-hydroxylation sites is 1. The number of anilines is 1. The van der Waals surface area contributed by atoms with Gasteiger partial charge in [0.15, 0.2) is 0 Å². The molecular weight excluding hydrogens is 380 g/mol. The second-order valence-electron chi connectivity index (χ2n) is 6.38. The van der Waals surface area contributed by atoms with Crippen LogP contribution in [0.15, 0.2) is 54.6 Å². The molecule has 3 aromatic rings. The van der Waals surface area contributed by atoms with E-state index in [4.69, 9.17) is 0 Å². The molecule has 0 unspecified atom stereocenters. The number of non-ortho nitro benzene ring substituents is 2. The minimum absolute atomic E-state index is 0.0681. The standard InChI is InChI=1S/C19H12N4O6/c1-20(12-5-3-2-4-6-12)21-18(24)15-9-13(22(26)27)7-11-8-14(23(28)29)10-16(17(11)15)19(21)25/h2-10H,1H3. The van der Waals surface area contributed by atoms with Gasteiger partial charge in [-0.05, 0) is 17.5 Å². The van der Waals surface area contributed by atoms with Gasteiger partial charge in [0.1, 0.15) is 0 Å². The van der Waals surface area contributed by atoms with Crippen LogP contribution in [-0.4, -0.2) is 33.7 Å². The Morgan fingerprint density at radius 3 is 1.76 bits per heavy atom. The smallest absolute Gasteiger partial charge is 0.278 e. The molecule has 0 aromatic heterocycles. The van der Waals surface area contributed by atoms with Crippen LogP contribution in [-0.2, 0) is 0 Å². The van der Waals surface area contributed by atoms with Crippen LogP contribution in [0.5, 0.6) is 0 Å². The second kappa shape index (κ2) is 6.37. The number of nitro groups is 2. The fourth-order valence-corrected chi connectivity index (χ4v) is 3.38. The first-order valence-electron chi connectivity index (χ1n) is 8.37. The van der Waals surface area contributed by atoms with Crippen molar-refractivity contribution < 1.29 is 19.4 Å². The maximum atomic E-state index is 13.1. The van der Waals surface area contributed by atoms with E-state index in [1.165, 1.54) is 12.1 Å². The molecule has 0 radical (unpaired) electrons. The third kappa shape index (κ3) is 2.74. The number of nitrogens with zero attached hydrogens (tertiary/aromatic N) is 4. The summed E-state index contributed by atoms with van der Waals surface area (Å²) in [5, 5.41) is 25.0. The van der Waals surface area contributed by atoms with E-state index in [2.05, 4.69) is 0 Å². The fraction of sp³-hybridized carbons (Fsp3) is 0.0526. The summed E-state index contributed by atoms with van der Waals surface area (Å²) < 4.78 is 0. The van der Waals surface area contributed by atoms with E-state index < -0.39 is 33.0 Å². The van der Waals surface area contributed by atoms with E-state index >= 15 is 0 Å². The van der Waals surface area contributed by atoms with E-state index in [0.29, 0.717) is 5.69 Å². The monoisotopic (exact) mass is 392 g/mol. The summed E-state index contributed by atoms with van der Waals surface area (Å²) in [6.07, 6.45) is 0. The normalized spacial score (nSPS) is 12.9. The topological polar surface area (TPSA) is 127 Å². The number of amides is 2. The lowest BCUT2D eigenvalue weighted by atomic mass is 9.93. The SMILES string of the molecule is CN(c1ccccc1)N1C(=O)c2cc([N+](=O)[O-])cc3cc([N+](=O)[O-])cc(c23)C1=O. The Hall–Kier alpha value is -4.34. The molecule has 29 heavy (non-hydrogen) atoms. The molecule has 0 N–H and O–H groups in total. The Morgan fingerprint density at radius 2 is 1.31 bits per heavy atom. The molecule has 0 saturated carbocycles. The Balaban J connectivity index is 2.00. The number of hydrazine groups is 1. The molecule has 10 nitrogen and oxygen atoms in total. The highest BCUT2D eigenvalue weighted by molar-refractivity contribution is 6.26. The summed E-state index contributed by atoms with van der Waals surface area (Å²) in [7, 11) is 1.49. The number of benzene rings is 3.